The summed E-state index contributed by atoms with van der Waals surface area (Å²) >= 11 is 0. The van der Waals surface area contributed by atoms with Gasteiger partial charge >= 0.3 is 5.97 Å². The van der Waals surface area contributed by atoms with Crippen molar-refractivity contribution in [3.63, 3.8) is 0 Å². The van der Waals surface area contributed by atoms with Gasteiger partial charge in [0, 0.05) is 12.0 Å². The van der Waals surface area contributed by atoms with Crippen LogP contribution in [0.1, 0.15) is 36.9 Å². The Labute approximate surface area is 164 Å². The third kappa shape index (κ3) is 5.03. The highest BCUT2D eigenvalue weighted by molar-refractivity contribution is 5.83. The lowest BCUT2D eigenvalue weighted by molar-refractivity contribution is -0.155. The summed E-state index contributed by atoms with van der Waals surface area (Å²) in [6.07, 6.45) is -0.124. The minimum atomic E-state index is -0.874. The molecule has 2 aromatic rings. The Morgan fingerprint density at radius 2 is 1.93 bits per heavy atom. The van der Waals surface area contributed by atoms with Gasteiger partial charge in [-0.2, -0.15) is 0 Å². The van der Waals surface area contributed by atoms with Crippen LogP contribution in [0.2, 0.25) is 0 Å². The number of esters is 1. The van der Waals surface area contributed by atoms with E-state index in [1.807, 2.05) is 55.5 Å². The van der Waals surface area contributed by atoms with Crippen LogP contribution in [0.15, 0.2) is 48.5 Å². The summed E-state index contributed by atoms with van der Waals surface area (Å²) in [5.41, 5.74) is 1.94. The molecule has 0 bridgehead atoms. The first-order chi connectivity index (χ1) is 13.5. The molecule has 0 aliphatic carbocycles. The number of fused-ring (bicyclic) bond motifs is 1. The van der Waals surface area contributed by atoms with Crippen LogP contribution in [-0.2, 0) is 14.3 Å². The van der Waals surface area contributed by atoms with Gasteiger partial charge in [0.05, 0.1) is 25.7 Å². The summed E-state index contributed by atoms with van der Waals surface area (Å²) in [7, 11) is 0. The van der Waals surface area contributed by atoms with E-state index in [0.29, 0.717) is 13.0 Å². The van der Waals surface area contributed by atoms with Gasteiger partial charge in [-0.3, -0.25) is 9.59 Å². The number of aryl methyl sites for hydroxylation is 1. The number of hydrogen-bond acceptors (Lipinski definition) is 5. The van der Waals surface area contributed by atoms with Crippen molar-refractivity contribution in [1.29, 1.82) is 0 Å². The molecular formula is C22H25NO5. The average Bonchev–Trinajstić information content (AvgIpc) is 2.69. The summed E-state index contributed by atoms with van der Waals surface area (Å²) in [4.78, 5) is 24.5. The lowest BCUT2D eigenvalue weighted by atomic mass is 10.0. The fraction of sp³-hybridized carbons (Fsp3) is 0.364. The van der Waals surface area contributed by atoms with Gasteiger partial charge < -0.3 is 19.5 Å². The van der Waals surface area contributed by atoms with E-state index < -0.39 is 12.1 Å². The smallest absolute Gasteiger partial charge is 0.310 e. The third-order valence-electron chi connectivity index (χ3n) is 4.61. The first-order valence-electron chi connectivity index (χ1n) is 9.44. The van der Waals surface area contributed by atoms with Crippen molar-refractivity contribution >= 4 is 11.9 Å². The molecule has 1 N–H and O–H groups in total. The molecule has 0 saturated carbocycles. The largest absolute Gasteiger partial charge is 0.493 e. The van der Waals surface area contributed by atoms with E-state index in [0.717, 1.165) is 22.6 Å². The molecule has 2 aromatic carbocycles. The van der Waals surface area contributed by atoms with Gasteiger partial charge in [0.15, 0.2) is 6.10 Å². The Bertz CT molecular complexity index is 835. The van der Waals surface area contributed by atoms with Gasteiger partial charge in [0.1, 0.15) is 11.5 Å². The number of carbonyl (C=O) groups is 2. The highest BCUT2D eigenvalue weighted by atomic mass is 16.5. The zero-order valence-electron chi connectivity index (χ0n) is 16.1. The number of rotatable bonds is 7. The van der Waals surface area contributed by atoms with Gasteiger partial charge in [-0.1, -0.05) is 36.4 Å². The van der Waals surface area contributed by atoms with Crippen molar-refractivity contribution in [2.24, 2.45) is 0 Å². The minimum Gasteiger partial charge on any atom is -0.493 e. The van der Waals surface area contributed by atoms with Gasteiger partial charge in [0.25, 0.3) is 5.91 Å². The molecule has 1 heterocycles. The number of para-hydroxylation sites is 2. The van der Waals surface area contributed by atoms with E-state index in [2.05, 4.69) is 5.32 Å². The molecule has 2 atom stereocenters. The molecule has 2 unspecified atom stereocenters. The van der Waals surface area contributed by atoms with Crippen molar-refractivity contribution in [3.8, 4) is 11.5 Å². The van der Waals surface area contributed by atoms with Crippen molar-refractivity contribution in [2.45, 2.75) is 38.8 Å². The number of ether oxygens (including phenoxy) is 3. The molecule has 1 aliphatic heterocycles. The number of benzene rings is 2. The molecule has 0 aromatic heterocycles. The highest BCUT2D eigenvalue weighted by Crippen LogP contribution is 2.31. The standard InChI is InChI=1S/C22H25NO5/c1-15-7-3-5-9-19(15)26-14-12-21(24)28-16(2)22(25)23-18-11-13-27-20-10-6-4-8-17(18)20/h3-10,16,18H,11-14H2,1-2H3,(H,23,25). The maximum Gasteiger partial charge on any atom is 0.310 e. The summed E-state index contributed by atoms with van der Waals surface area (Å²) < 4.78 is 16.4. The molecule has 0 saturated heterocycles. The minimum absolute atomic E-state index is 0.0755. The van der Waals surface area contributed by atoms with Crippen LogP contribution in [0.4, 0.5) is 0 Å². The quantitative estimate of drug-likeness (QED) is 0.743. The molecule has 0 spiro atoms. The zero-order chi connectivity index (χ0) is 19.9. The molecule has 0 fully saturated rings. The molecule has 6 heteroatoms. The molecule has 0 radical (unpaired) electrons. The summed E-state index contributed by atoms with van der Waals surface area (Å²) in [5, 5.41) is 2.94. The molecule has 1 aliphatic rings. The van der Waals surface area contributed by atoms with Crippen LogP contribution in [0.25, 0.3) is 0 Å². The van der Waals surface area contributed by atoms with E-state index in [4.69, 9.17) is 14.2 Å². The number of amides is 1. The first-order valence-corrected chi connectivity index (χ1v) is 9.44. The molecule has 148 valence electrons. The Balaban J connectivity index is 1.45. The van der Waals surface area contributed by atoms with Gasteiger partial charge in [-0.25, -0.2) is 0 Å². The predicted octanol–water partition coefficient (Wildman–Crippen LogP) is 3.34. The molecule has 1 amide bonds. The fourth-order valence-corrected chi connectivity index (χ4v) is 3.05. The lowest BCUT2D eigenvalue weighted by Gasteiger charge is -2.27. The van der Waals surface area contributed by atoms with E-state index in [-0.39, 0.29) is 25.0 Å². The average molecular weight is 383 g/mol. The van der Waals surface area contributed by atoms with Gasteiger partial charge in [-0.05, 0) is 31.5 Å². The van der Waals surface area contributed by atoms with E-state index in [1.54, 1.807) is 6.92 Å². The second-order valence-corrected chi connectivity index (χ2v) is 6.73. The second-order valence-electron chi connectivity index (χ2n) is 6.73. The van der Waals surface area contributed by atoms with Crippen molar-refractivity contribution in [2.75, 3.05) is 13.2 Å². The maximum atomic E-state index is 12.4. The summed E-state index contributed by atoms with van der Waals surface area (Å²) in [6.45, 7) is 4.24. The Hall–Kier alpha value is -3.02. The monoisotopic (exact) mass is 383 g/mol. The van der Waals surface area contributed by atoms with Crippen LogP contribution in [0.5, 0.6) is 11.5 Å². The number of carbonyl (C=O) groups excluding carboxylic acids is 2. The van der Waals surface area contributed by atoms with Crippen LogP contribution in [0.3, 0.4) is 0 Å². The van der Waals surface area contributed by atoms with Gasteiger partial charge in [-0.15, -0.1) is 0 Å². The van der Waals surface area contributed by atoms with E-state index in [9.17, 15) is 9.59 Å². The topological polar surface area (TPSA) is 73.9 Å². The van der Waals surface area contributed by atoms with Crippen LogP contribution in [-0.4, -0.2) is 31.2 Å². The van der Waals surface area contributed by atoms with Crippen molar-refractivity contribution in [1.82, 2.24) is 5.32 Å². The maximum absolute atomic E-state index is 12.4. The molecule has 28 heavy (non-hydrogen) atoms. The molecular weight excluding hydrogens is 358 g/mol. The molecule has 3 rings (SSSR count). The van der Waals surface area contributed by atoms with Crippen molar-refractivity contribution < 1.29 is 23.8 Å². The van der Waals surface area contributed by atoms with E-state index >= 15 is 0 Å². The lowest BCUT2D eigenvalue weighted by Crippen LogP contribution is -2.39. The van der Waals surface area contributed by atoms with Gasteiger partial charge in [0.2, 0.25) is 0 Å². The van der Waals surface area contributed by atoms with Crippen LogP contribution >= 0.6 is 0 Å². The Kier molecular flexibility index (Phi) is 6.53. The Morgan fingerprint density at radius 3 is 2.75 bits per heavy atom. The normalized spacial score (nSPS) is 16.3. The van der Waals surface area contributed by atoms with Crippen LogP contribution in [0, 0.1) is 6.92 Å². The first kappa shape index (κ1) is 19.7. The third-order valence-corrected chi connectivity index (χ3v) is 4.61. The highest BCUT2D eigenvalue weighted by Gasteiger charge is 2.26. The summed E-state index contributed by atoms with van der Waals surface area (Å²) in [6, 6.07) is 15.1. The fourth-order valence-electron chi connectivity index (χ4n) is 3.05. The predicted molar refractivity (Wildman–Crippen MR) is 104 cm³/mol. The van der Waals surface area contributed by atoms with Crippen LogP contribution < -0.4 is 14.8 Å². The van der Waals surface area contributed by atoms with Crippen molar-refractivity contribution in [3.05, 3.63) is 59.7 Å². The number of nitrogens with one attached hydrogen (secondary N) is 1. The number of hydrogen-bond donors (Lipinski definition) is 1. The Morgan fingerprint density at radius 1 is 1.18 bits per heavy atom. The summed E-state index contributed by atoms with van der Waals surface area (Å²) in [5.74, 6) is 0.717. The molecule has 6 nitrogen and oxygen atoms in total. The van der Waals surface area contributed by atoms with E-state index in [1.165, 1.54) is 0 Å². The SMILES string of the molecule is Cc1ccccc1OCCC(=O)OC(C)C(=O)NC1CCOc2ccccc21. The second kappa shape index (κ2) is 9.26. The zero-order valence-corrected chi connectivity index (χ0v) is 16.1.